The van der Waals surface area contributed by atoms with E-state index < -0.39 is 17.4 Å². The summed E-state index contributed by atoms with van der Waals surface area (Å²) < 4.78 is 0. The van der Waals surface area contributed by atoms with E-state index in [1.807, 2.05) is 24.3 Å². The Morgan fingerprint density at radius 3 is 2.68 bits per heavy atom. The monoisotopic (exact) mass is 342 g/mol. The maximum atomic E-state index is 12.0. The van der Waals surface area contributed by atoms with E-state index in [9.17, 15) is 14.7 Å². The molecule has 2 aliphatic carbocycles. The molecule has 0 radical (unpaired) electrons. The third-order valence-electron chi connectivity index (χ3n) is 5.19. The molecule has 3 rings (SSSR count). The Morgan fingerprint density at radius 1 is 1.08 bits per heavy atom. The van der Waals surface area contributed by atoms with Gasteiger partial charge in [0.15, 0.2) is 0 Å². The van der Waals surface area contributed by atoms with Crippen LogP contribution in [0.1, 0.15) is 49.7 Å². The maximum Gasteiger partial charge on any atom is 0.309 e. The molecule has 0 saturated carbocycles. The fraction of sp³-hybridized carbons (Fsp3) is 0.500. The normalized spacial score (nSPS) is 22.0. The van der Waals surface area contributed by atoms with Gasteiger partial charge in [0.1, 0.15) is 5.60 Å². The lowest BCUT2D eigenvalue weighted by Gasteiger charge is -2.24. The molecule has 0 saturated heterocycles. The summed E-state index contributed by atoms with van der Waals surface area (Å²) in [5.74, 6) is -1.32. The lowest BCUT2D eigenvalue weighted by atomic mass is 9.96. The highest BCUT2D eigenvalue weighted by molar-refractivity contribution is 6.35. The number of carbonyl (C=O) groups is 2. The smallest absolute Gasteiger partial charge is 0.309 e. The first-order valence-corrected chi connectivity index (χ1v) is 9.13. The summed E-state index contributed by atoms with van der Waals surface area (Å²) in [5.41, 5.74) is 2.23. The number of amides is 2. The number of nitrogens with one attached hydrogen (secondary N) is 2. The third kappa shape index (κ3) is 4.28. The molecule has 0 unspecified atom stereocenters. The van der Waals surface area contributed by atoms with Crippen molar-refractivity contribution in [2.45, 2.75) is 50.5 Å². The fourth-order valence-electron chi connectivity index (χ4n) is 3.71. The van der Waals surface area contributed by atoms with E-state index in [2.05, 4.69) is 16.7 Å². The van der Waals surface area contributed by atoms with Crippen molar-refractivity contribution in [3.63, 3.8) is 0 Å². The maximum absolute atomic E-state index is 12.0. The van der Waals surface area contributed by atoms with Gasteiger partial charge in [0.05, 0.1) is 6.54 Å². The average Bonchev–Trinajstić information content (AvgIpc) is 2.98. The zero-order valence-corrected chi connectivity index (χ0v) is 14.5. The molecule has 0 fully saturated rings. The average molecular weight is 342 g/mol. The summed E-state index contributed by atoms with van der Waals surface area (Å²) in [6.07, 6.45) is 9.04. The van der Waals surface area contributed by atoms with Gasteiger partial charge in [-0.25, -0.2) is 0 Å². The second-order valence-electron chi connectivity index (χ2n) is 6.99. The molecule has 1 aromatic rings. The molecular formula is C20H26N2O3. The van der Waals surface area contributed by atoms with Gasteiger partial charge in [-0.05, 0) is 56.1 Å². The van der Waals surface area contributed by atoms with Crippen LogP contribution in [-0.2, 0) is 21.6 Å². The van der Waals surface area contributed by atoms with Crippen LogP contribution in [0.2, 0.25) is 0 Å². The van der Waals surface area contributed by atoms with Crippen molar-refractivity contribution in [3.05, 3.63) is 47.0 Å². The first-order chi connectivity index (χ1) is 12.1. The molecule has 25 heavy (non-hydrogen) atoms. The predicted octanol–water partition coefficient (Wildman–Crippen LogP) is 1.94. The molecule has 1 atom stereocenters. The van der Waals surface area contributed by atoms with Crippen molar-refractivity contribution in [2.75, 3.05) is 13.1 Å². The first-order valence-electron chi connectivity index (χ1n) is 9.13. The minimum atomic E-state index is -1.08. The van der Waals surface area contributed by atoms with Crippen LogP contribution in [0.25, 0.3) is 0 Å². The topological polar surface area (TPSA) is 78.4 Å². The number of allylic oxidation sites excluding steroid dienone is 1. The highest BCUT2D eigenvalue weighted by Gasteiger charge is 2.36. The molecule has 2 amide bonds. The van der Waals surface area contributed by atoms with Crippen molar-refractivity contribution in [1.82, 2.24) is 10.6 Å². The Kier molecular flexibility index (Phi) is 5.53. The third-order valence-corrected chi connectivity index (χ3v) is 5.19. The number of benzene rings is 1. The number of carbonyl (C=O) groups excluding carboxylic acids is 2. The van der Waals surface area contributed by atoms with Crippen LogP contribution >= 0.6 is 0 Å². The summed E-state index contributed by atoms with van der Waals surface area (Å²) in [6, 6.07) is 7.69. The van der Waals surface area contributed by atoms with Gasteiger partial charge in [-0.3, -0.25) is 9.59 Å². The van der Waals surface area contributed by atoms with E-state index in [0.29, 0.717) is 13.0 Å². The van der Waals surface area contributed by atoms with Crippen molar-refractivity contribution >= 4 is 11.8 Å². The Bertz CT molecular complexity index is 683. The van der Waals surface area contributed by atoms with Crippen LogP contribution in [0.5, 0.6) is 0 Å². The summed E-state index contributed by atoms with van der Waals surface area (Å²) in [4.78, 5) is 23.9. The lowest BCUT2D eigenvalue weighted by Crippen LogP contribution is -2.45. The van der Waals surface area contributed by atoms with E-state index in [1.165, 1.54) is 18.4 Å². The zero-order chi connectivity index (χ0) is 17.7. The molecule has 3 N–H and O–H groups in total. The number of aryl methyl sites for hydroxylation is 1. The largest absolute Gasteiger partial charge is 0.383 e. The number of fused-ring (bicyclic) bond motifs is 1. The predicted molar refractivity (Wildman–Crippen MR) is 95.8 cm³/mol. The first kappa shape index (κ1) is 17.7. The highest BCUT2D eigenvalue weighted by atomic mass is 16.3. The number of hydrogen-bond donors (Lipinski definition) is 3. The van der Waals surface area contributed by atoms with Gasteiger partial charge in [-0.15, -0.1) is 0 Å². The second kappa shape index (κ2) is 7.83. The van der Waals surface area contributed by atoms with E-state index in [0.717, 1.165) is 36.8 Å². The zero-order valence-electron chi connectivity index (χ0n) is 14.5. The summed E-state index contributed by atoms with van der Waals surface area (Å²) in [5, 5.41) is 16.0. The lowest BCUT2D eigenvalue weighted by molar-refractivity contribution is -0.139. The van der Waals surface area contributed by atoms with Crippen molar-refractivity contribution in [3.8, 4) is 0 Å². The number of rotatable bonds is 5. The molecular weight excluding hydrogens is 316 g/mol. The minimum Gasteiger partial charge on any atom is -0.383 e. The van der Waals surface area contributed by atoms with Gasteiger partial charge < -0.3 is 15.7 Å². The molecule has 1 aromatic carbocycles. The quantitative estimate of drug-likeness (QED) is 0.565. The Morgan fingerprint density at radius 2 is 1.88 bits per heavy atom. The fourth-order valence-corrected chi connectivity index (χ4v) is 3.71. The number of aliphatic hydroxyl groups is 1. The summed E-state index contributed by atoms with van der Waals surface area (Å²) in [7, 11) is 0. The van der Waals surface area contributed by atoms with Crippen molar-refractivity contribution < 1.29 is 14.7 Å². The Balaban J connectivity index is 1.44. The molecule has 0 heterocycles. The molecule has 2 aliphatic rings. The van der Waals surface area contributed by atoms with Crippen LogP contribution in [0.3, 0.4) is 0 Å². The number of hydrogen-bond acceptors (Lipinski definition) is 3. The molecule has 0 aliphatic heterocycles. The van der Waals surface area contributed by atoms with E-state index >= 15 is 0 Å². The molecule has 0 aromatic heterocycles. The summed E-state index contributed by atoms with van der Waals surface area (Å²) >= 11 is 0. The van der Waals surface area contributed by atoms with Crippen LogP contribution in [-0.4, -0.2) is 30.0 Å². The molecule has 5 nitrogen and oxygen atoms in total. The highest BCUT2D eigenvalue weighted by Crippen LogP contribution is 2.36. The van der Waals surface area contributed by atoms with E-state index in [-0.39, 0.29) is 6.54 Å². The van der Waals surface area contributed by atoms with Gasteiger partial charge in [-0.2, -0.15) is 0 Å². The minimum absolute atomic E-state index is 0.0570. The second-order valence-corrected chi connectivity index (χ2v) is 6.99. The molecule has 0 bridgehead atoms. The van der Waals surface area contributed by atoms with Gasteiger partial charge in [0.25, 0.3) is 0 Å². The van der Waals surface area contributed by atoms with Crippen LogP contribution in [0.15, 0.2) is 35.9 Å². The Hall–Kier alpha value is -2.14. The van der Waals surface area contributed by atoms with Crippen LogP contribution in [0, 0.1) is 0 Å². The van der Waals surface area contributed by atoms with E-state index in [4.69, 9.17) is 0 Å². The van der Waals surface area contributed by atoms with E-state index in [1.54, 1.807) is 0 Å². The molecule has 134 valence electrons. The Labute approximate surface area is 148 Å². The molecule has 0 spiro atoms. The van der Waals surface area contributed by atoms with Gasteiger partial charge >= 0.3 is 11.8 Å². The molecule has 5 heteroatoms. The van der Waals surface area contributed by atoms with Gasteiger partial charge in [0.2, 0.25) is 0 Å². The van der Waals surface area contributed by atoms with Crippen molar-refractivity contribution in [2.24, 2.45) is 0 Å². The van der Waals surface area contributed by atoms with Gasteiger partial charge in [0, 0.05) is 6.54 Å². The van der Waals surface area contributed by atoms with Crippen LogP contribution < -0.4 is 10.6 Å². The van der Waals surface area contributed by atoms with Crippen LogP contribution in [0.4, 0.5) is 0 Å². The standard InChI is InChI=1S/C20H26N2O3/c23-18(21-13-11-15-6-2-1-3-7-15)19(24)22-14-20(25)12-10-16-8-4-5-9-17(16)20/h4-6,8-9,25H,1-3,7,10-14H2,(H,21,23)(H,22,24)/t20-/m0/s1. The SMILES string of the molecule is O=C(NCCC1=CCCCC1)C(=O)NC[C@@]1(O)CCc2ccccc21. The summed E-state index contributed by atoms with van der Waals surface area (Å²) in [6.45, 7) is 0.534. The van der Waals surface area contributed by atoms with Gasteiger partial charge in [-0.1, -0.05) is 35.9 Å². The van der Waals surface area contributed by atoms with Crippen molar-refractivity contribution in [1.29, 1.82) is 0 Å².